The summed E-state index contributed by atoms with van der Waals surface area (Å²) in [7, 11) is 0. The van der Waals surface area contributed by atoms with Crippen molar-refractivity contribution in [2.45, 2.75) is 109 Å². The van der Waals surface area contributed by atoms with Crippen LogP contribution in [0.4, 0.5) is 0 Å². The first kappa shape index (κ1) is 32.0. The first-order chi connectivity index (χ1) is 20.1. The number of benzene rings is 2. The summed E-state index contributed by atoms with van der Waals surface area (Å²) in [6, 6.07) is 16.3. The summed E-state index contributed by atoms with van der Waals surface area (Å²) in [4.78, 5) is 25.7. The summed E-state index contributed by atoms with van der Waals surface area (Å²) in [5.74, 6) is -0.0834. The van der Waals surface area contributed by atoms with Crippen molar-refractivity contribution in [3.05, 3.63) is 65.2 Å². The molecule has 230 valence electrons. The highest BCUT2D eigenvalue weighted by Gasteiger charge is 2.36. The lowest BCUT2D eigenvalue weighted by molar-refractivity contribution is -0.130. The number of hydrogen-bond acceptors (Lipinski definition) is 5. The van der Waals surface area contributed by atoms with Crippen LogP contribution in [0, 0.1) is 5.92 Å². The van der Waals surface area contributed by atoms with E-state index in [4.69, 9.17) is 4.74 Å². The molecule has 1 aliphatic heterocycles. The van der Waals surface area contributed by atoms with E-state index in [2.05, 4.69) is 61.0 Å². The van der Waals surface area contributed by atoms with Gasteiger partial charge in [0.1, 0.15) is 5.75 Å². The van der Waals surface area contributed by atoms with E-state index in [0.717, 1.165) is 49.8 Å². The first-order valence-electron chi connectivity index (χ1n) is 15.9. The zero-order valence-corrected chi connectivity index (χ0v) is 26.0. The molecule has 3 atom stereocenters. The van der Waals surface area contributed by atoms with Crippen LogP contribution in [0.15, 0.2) is 48.5 Å². The lowest BCUT2D eigenvalue weighted by Crippen LogP contribution is -2.54. The second-order valence-corrected chi connectivity index (χ2v) is 13.4. The molecule has 1 fully saturated rings. The molecule has 2 aromatic rings. The molecule has 4 N–H and O–H groups in total. The molecule has 42 heavy (non-hydrogen) atoms. The maximum Gasteiger partial charge on any atom is 0.223 e. The minimum absolute atomic E-state index is 0.0468. The Kier molecular flexibility index (Phi) is 11.1. The van der Waals surface area contributed by atoms with Gasteiger partial charge >= 0.3 is 0 Å². The third kappa shape index (κ3) is 8.81. The molecule has 7 heteroatoms. The van der Waals surface area contributed by atoms with Gasteiger partial charge in [-0.3, -0.25) is 9.59 Å². The summed E-state index contributed by atoms with van der Waals surface area (Å²) in [5, 5.41) is 21.4. The highest BCUT2D eigenvalue weighted by Crippen LogP contribution is 2.38. The molecule has 2 amide bonds. The fraction of sp³-hybridized carbons (Fsp3) is 0.600. The predicted molar refractivity (Wildman–Crippen MR) is 168 cm³/mol. The quantitative estimate of drug-likeness (QED) is 0.395. The Bertz CT molecular complexity index is 1180. The zero-order chi connectivity index (χ0) is 30.2. The van der Waals surface area contributed by atoms with E-state index in [1.807, 2.05) is 24.3 Å². The summed E-state index contributed by atoms with van der Waals surface area (Å²) >= 11 is 0. The second-order valence-electron chi connectivity index (χ2n) is 13.4. The lowest BCUT2D eigenvalue weighted by atomic mass is 9.74. The van der Waals surface area contributed by atoms with Gasteiger partial charge in [0.2, 0.25) is 11.8 Å². The van der Waals surface area contributed by atoms with Gasteiger partial charge in [0.25, 0.3) is 0 Å². The van der Waals surface area contributed by atoms with Crippen molar-refractivity contribution in [2.75, 3.05) is 19.7 Å². The van der Waals surface area contributed by atoms with E-state index in [9.17, 15) is 14.7 Å². The van der Waals surface area contributed by atoms with E-state index < -0.39 is 18.1 Å². The average molecular weight is 578 g/mol. The summed E-state index contributed by atoms with van der Waals surface area (Å²) in [6.07, 6.45) is 6.89. The van der Waals surface area contributed by atoms with Crippen LogP contribution in [-0.4, -0.2) is 48.8 Å². The number of nitrogens with one attached hydrogen (secondary N) is 3. The van der Waals surface area contributed by atoms with Gasteiger partial charge in [0.15, 0.2) is 0 Å². The van der Waals surface area contributed by atoms with Crippen LogP contribution < -0.4 is 20.7 Å². The molecule has 0 aromatic heterocycles. The van der Waals surface area contributed by atoms with Crippen LogP contribution in [0.2, 0.25) is 0 Å². The third-order valence-electron chi connectivity index (χ3n) is 8.89. The van der Waals surface area contributed by atoms with Crippen LogP contribution in [0.1, 0.15) is 95.8 Å². The van der Waals surface area contributed by atoms with E-state index in [0.29, 0.717) is 26.1 Å². The molecule has 0 unspecified atom stereocenters. The van der Waals surface area contributed by atoms with Crippen LogP contribution in [-0.2, 0) is 27.0 Å². The molecule has 0 spiro atoms. The fourth-order valence-electron chi connectivity index (χ4n) is 6.16. The minimum Gasteiger partial charge on any atom is -0.494 e. The minimum atomic E-state index is -0.831. The third-order valence-corrected chi connectivity index (χ3v) is 8.89. The molecule has 2 aromatic carbocycles. The number of aliphatic hydroxyl groups excluding tert-OH is 1. The van der Waals surface area contributed by atoms with Crippen molar-refractivity contribution < 1.29 is 19.4 Å². The molecule has 0 saturated heterocycles. The molecule has 0 radical (unpaired) electrons. The Morgan fingerprint density at radius 1 is 1.00 bits per heavy atom. The molecular formula is C35H51N3O4. The smallest absolute Gasteiger partial charge is 0.223 e. The van der Waals surface area contributed by atoms with Gasteiger partial charge in [-0.15, -0.1) is 0 Å². The number of ether oxygens (including phenoxy) is 1. The van der Waals surface area contributed by atoms with Gasteiger partial charge in [-0.05, 0) is 66.3 Å². The number of aliphatic hydroxyl groups is 1. The highest BCUT2D eigenvalue weighted by molar-refractivity contribution is 5.85. The standard InChI is InChI=1S/C35H51N3O4/c1-25-20-32(40)36-18-8-9-19-42-29-15-10-12-26(21-29)22-30(38-33(25)41)31(39)24-37-35(16-6-5-7-17-35)28-14-11-13-27(23-28)34(2,3)4/h10-15,21,23,25,30-31,37,39H,5-9,16-20,22,24H2,1-4H3,(H,36,40)(H,38,41)/t25-,30+,31-/m1/s1. The number of carbonyl (C=O) groups excluding carboxylic acids is 2. The Hall–Kier alpha value is -2.90. The van der Waals surface area contributed by atoms with Crippen LogP contribution in [0.25, 0.3) is 0 Å². The highest BCUT2D eigenvalue weighted by atomic mass is 16.5. The normalized spacial score (nSPS) is 23.3. The van der Waals surface area contributed by atoms with Crippen molar-refractivity contribution in [2.24, 2.45) is 5.92 Å². The monoisotopic (exact) mass is 577 g/mol. The van der Waals surface area contributed by atoms with Gasteiger partial charge in [-0.2, -0.15) is 0 Å². The number of rotatable bonds is 5. The largest absolute Gasteiger partial charge is 0.494 e. The topological polar surface area (TPSA) is 99.7 Å². The van der Waals surface area contributed by atoms with Gasteiger partial charge in [-0.25, -0.2) is 0 Å². The van der Waals surface area contributed by atoms with E-state index in [1.165, 1.54) is 17.5 Å². The van der Waals surface area contributed by atoms with Crippen molar-refractivity contribution in [3.8, 4) is 5.75 Å². The van der Waals surface area contributed by atoms with E-state index in [-0.39, 0.29) is 29.2 Å². The molecule has 1 heterocycles. The number of amides is 2. The second kappa shape index (κ2) is 14.5. The van der Waals surface area contributed by atoms with Crippen LogP contribution in [0.3, 0.4) is 0 Å². The molecule has 1 aliphatic carbocycles. The van der Waals surface area contributed by atoms with Crippen molar-refractivity contribution in [3.63, 3.8) is 0 Å². The SMILES string of the molecule is C[C@@H]1CC(=O)NCCCCOc2cccc(c2)C[C@@H]([C@H](O)CNC2(c3cccc(C(C)(C)C)c3)CCCCC2)NC1=O. The molecule has 4 rings (SSSR count). The maximum absolute atomic E-state index is 13.3. The van der Waals surface area contributed by atoms with E-state index in [1.54, 1.807) is 6.92 Å². The van der Waals surface area contributed by atoms with Gasteiger partial charge in [-0.1, -0.05) is 83.4 Å². The molecule has 7 nitrogen and oxygen atoms in total. The number of fused-ring (bicyclic) bond motifs is 2. The van der Waals surface area contributed by atoms with Gasteiger partial charge in [0, 0.05) is 31.0 Å². The molecule has 1 saturated carbocycles. The lowest BCUT2D eigenvalue weighted by Gasteiger charge is -2.41. The van der Waals surface area contributed by atoms with Crippen molar-refractivity contribution in [1.82, 2.24) is 16.0 Å². The Balaban J connectivity index is 1.56. The fourth-order valence-corrected chi connectivity index (χ4v) is 6.16. The Morgan fingerprint density at radius 3 is 2.52 bits per heavy atom. The Labute approximate surface area is 252 Å². The number of hydrogen-bond donors (Lipinski definition) is 4. The molecule has 2 bridgehead atoms. The van der Waals surface area contributed by atoms with Gasteiger partial charge in [0.05, 0.1) is 18.8 Å². The first-order valence-corrected chi connectivity index (χ1v) is 15.9. The predicted octanol–water partition coefficient (Wildman–Crippen LogP) is 5.14. The molecule has 2 aliphatic rings. The van der Waals surface area contributed by atoms with Gasteiger partial charge < -0.3 is 25.8 Å². The zero-order valence-electron chi connectivity index (χ0n) is 26.0. The van der Waals surface area contributed by atoms with Crippen molar-refractivity contribution in [1.29, 1.82) is 0 Å². The summed E-state index contributed by atoms with van der Waals surface area (Å²) in [5.41, 5.74) is 3.39. The molecular weight excluding hydrogens is 526 g/mol. The Morgan fingerprint density at radius 2 is 1.76 bits per heavy atom. The van der Waals surface area contributed by atoms with E-state index >= 15 is 0 Å². The van der Waals surface area contributed by atoms with Crippen molar-refractivity contribution >= 4 is 11.8 Å². The summed E-state index contributed by atoms with van der Waals surface area (Å²) in [6.45, 7) is 9.95. The number of carbonyl (C=O) groups is 2. The maximum atomic E-state index is 13.3. The average Bonchev–Trinajstić information content (AvgIpc) is 2.97. The summed E-state index contributed by atoms with van der Waals surface area (Å²) < 4.78 is 5.96. The van der Waals surface area contributed by atoms with Crippen LogP contribution in [0.5, 0.6) is 5.75 Å². The van der Waals surface area contributed by atoms with Crippen LogP contribution >= 0.6 is 0 Å².